The van der Waals surface area contributed by atoms with Crippen molar-refractivity contribution in [2.24, 2.45) is 5.92 Å². The van der Waals surface area contributed by atoms with Crippen LogP contribution in [0.1, 0.15) is 12.8 Å². The SMILES string of the molecule is Cl.O=C(Nc1ccc2scnc2c1)C1CCCNC1. The van der Waals surface area contributed by atoms with Gasteiger partial charge in [-0.2, -0.15) is 0 Å². The number of carbonyl (C=O) groups excluding carboxylic acids is 1. The number of aromatic nitrogens is 1. The summed E-state index contributed by atoms with van der Waals surface area (Å²) in [6, 6.07) is 5.87. The van der Waals surface area contributed by atoms with Gasteiger partial charge in [-0.3, -0.25) is 4.79 Å². The molecular formula is C13H16ClN3OS. The lowest BCUT2D eigenvalue weighted by Gasteiger charge is -2.21. The van der Waals surface area contributed by atoms with Gasteiger partial charge in [0.05, 0.1) is 21.6 Å². The first-order valence-corrected chi connectivity index (χ1v) is 7.06. The molecule has 1 atom stereocenters. The number of thiazole rings is 1. The Morgan fingerprint density at radius 2 is 2.37 bits per heavy atom. The molecule has 1 amide bonds. The van der Waals surface area contributed by atoms with Crippen molar-refractivity contribution < 1.29 is 4.79 Å². The molecule has 1 aromatic carbocycles. The van der Waals surface area contributed by atoms with Gasteiger partial charge in [-0.15, -0.1) is 23.7 Å². The fraction of sp³-hybridized carbons (Fsp3) is 0.385. The van der Waals surface area contributed by atoms with Crippen LogP contribution in [-0.4, -0.2) is 24.0 Å². The van der Waals surface area contributed by atoms with Crippen LogP contribution in [0.5, 0.6) is 0 Å². The first-order chi connectivity index (χ1) is 8.83. The van der Waals surface area contributed by atoms with E-state index in [0.717, 1.165) is 41.8 Å². The molecule has 2 aromatic rings. The third-order valence-electron chi connectivity index (χ3n) is 3.27. The van der Waals surface area contributed by atoms with Gasteiger partial charge in [0.15, 0.2) is 0 Å². The molecule has 0 saturated carbocycles. The summed E-state index contributed by atoms with van der Waals surface area (Å²) in [5.74, 6) is 0.196. The summed E-state index contributed by atoms with van der Waals surface area (Å²) < 4.78 is 1.15. The maximum atomic E-state index is 12.1. The molecule has 2 heterocycles. The summed E-state index contributed by atoms with van der Waals surface area (Å²) in [6.45, 7) is 1.80. The first kappa shape index (κ1) is 14.2. The van der Waals surface area contributed by atoms with Crippen molar-refractivity contribution in [3.05, 3.63) is 23.7 Å². The van der Waals surface area contributed by atoms with Crippen molar-refractivity contribution in [1.82, 2.24) is 10.3 Å². The summed E-state index contributed by atoms with van der Waals surface area (Å²) in [5.41, 5.74) is 3.60. The van der Waals surface area contributed by atoms with Gasteiger partial charge in [-0.1, -0.05) is 0 Å². The van der Waals surface area contributed by atoms with Gasteiger partial charge in [-0.25, -0.2) is 4.98 Å². The Labute approximate surface area is 122 Å². The second-order valence-electron chi connectivity index (χ2n) is 4.57. The normalized spacial score (nSPS) is 18.8. The number of benzene rings is 1. The van der Waals surface area contributed by atoms with Crippen molar-refractivity contribution in [3.8, 4) is 0 Å². The average molecular weight is 298 g/mol. The van der Waals surface area contributed by atoms with E-state index in [1.54, 1.807) is 11.3 Å². The predicted molar refractivity (Wildman–Crippen MR) is 81.1 cm³/mol. The van der Waals surface area contributed by atoms with E-state index < -0.39 is 0 Å². The molecule has 0 bridgehead atoms. The average Bonchev–Trinajstić information content (AvgIpc) is 2.87. The van der Waals surface area contributed by atoms with Crippen LogP contribution in [0.25, 0.3) is 10.2 Å². The fourth-order valence-corrected chi connectivity index (χ4v) is 2.91. The molecule has 0 radical (unpaired) electrons. The minimum Gasteiger partial charge on any atom is -0.326 e. The molecule has 1 saturated heterocycles. The molecule has 102 valence electrons. The molecule has 6 heteroatoms. The van der Waals surface area contributed by atoms with Crippen molar-refractivity contribution in [2.75, 3.05) is 18.4 Å². The van der Waals surface area contributed by atoms with Gasteiger partial charge in [0.25, 0.3) is 0 Å². The molecule has 1 aliphatic rings. The highest BCUT2D eigenvalue weighted by atomic mass is 35.5. The maximum Gasteiger partial charge on any atom is 0.228 e. The Bertz CT molecular complexity index is 566. The quantitative estimate of drug-likeness (QED) is 0.896. The molecule has 2 N–H and O–H groups in total. The smallest absolute Gasteiger partial charge is 0.228 e. The highest BCUT2D eigenvalue weighted by Gasteiger charge is 2.20. The Morgan fingerprint density at radius 1 is 1.47 bits per heavy atom. The minimum atomic E-state index is 0. The van der Waals surface area contributed by atoms with E-state index in [1.165, 1.54) is 0 Å². The summed E-state index contributed by atoms with van der Waals surface area (Å²) in [5, 5.41) is 6.23. The number of anilines is 1. The largest absolute Gasteiger partial charge is 0.326 e. The summed E-state index contributed by atoms with van der Waals surface area (Å²) >= 11 is 1.61. The number of halogens is 1. The number of fused-ring (bicyclic) bond motifs is 1. The van der Waals surface area contributed by atoms with Gasteiger partial charge in [0, 0.05) is 12.2 Å². The van der Waals surface area contributed by atoms with Crippen LogP contribution in [0.3, 0.4) is 0 Å². The van der Waals surface area contributed by atoms with Crippen LogP contribution in [0.4, 0.5) is 5.69 Å². The van der Waals surface area contributed by atoms with E-state index in [0.29, 0.717) is 0 Å². The van der Waals surface area contributed by atoms with Crippen LogP contribution < -0.4 is 10.6 Å². The number of hydrogen-bond donors (Lipinski definition) is 2. The van der Waals surface area contributed by atoms with E-state index in [2.05, 4.69) is 15.6 Å². The van der Waals surface area contributed by atoms with Crippen LogP contribution >= 0.6 is 23.7 Å². The van der Waals surface area contributed by atoms with E-state index in [9.17, 15) is 4.79 Å². The zero-order chi connectivity index (χ0) is 12.4. The number of carbonyl (C=O) groups is 1. The highest BCUT2D eigenvalue weighted by molar-refractivity contribution is 7.16. The monoisotopic (exact) mass is 297 g/mol. The van der Waals surface area contributed by atoms with Crippen molar-refractivity contribution in [3.63, 3.8) is 0 Å². The van der Waals surface area contributed by atoms with E-state index in [-0.39, 0.29) is 24.2 Å². The van der Waals surface area contributed by atoms with E-state index >= 15 is 0 Å². The van der Waals surface area contributed by atoms with Crippen molar-refractivity contribution in [1.29, 1.82) is 0 Å². The van der Waals surface area contributed by atoms with E-state index in [1.807, 2.05) is 23.7 Å². The Hall–Kier alpha value is -1.17. The van der Waals surface area contributed by atoms with Crippen LogP contribution in [-0.2, 0) is 4.79 Å². The fourth-order valence-electron chi connectivity index (χ4n) is 2.26. The maximum absolute atomic E-state index is 12.1. The van der Waals surface area contributed by atoms with Crippen LogP contribution in [0, 0.1) is 5.92 Å². The summed E-state index contributed by atoms with van der Waals surface area (Å²) in [7, 11) is 0. The zero-order valence-electron chi connectivity index (χ0n) is 10.4. The summed E-state index contributed by atoms with van der Waals surface area (Å²) in [4.78, 5) is 16.3. The number of nitrogens with zero attached hydrogens (tertiary/aromatic N) is 1. The lowest BCUT2D eigenvalue weighted by Crippen LogP contribution is -2.37. The third-order valence-corrected chi connectivity index (χ3v) is 4.08. The van der Waals surface area contributed by atoms with Gasteiger partial charge in [0.2, 0.25) is 5.91 Å². The molecule has 1 aliphatic heterocycles. The Balaban J connectivity index is 0.00000133. The lowest BCUT2D eigenvalue weighted by atomic mass is 9.99. The number of rotatable bonds is 2. The predicted octanol–water partition coefficient (Wildman–Crippen LogP) is 2.66. The highest BCUT2D eigenvalue weighted by Crippen LogP contribution is 2.22. The standard InChI is InChI=1S/C13H15N3OS.ClH/c17-13(9-2-1-5-14-7-9)16-10-3-4-12-11(6-10)15-8-18-12;/h3-4,6,8-9,14H,1-2,5,7H2,(H,16,17);1H. The molecule has 3 rings (SSSR count). The minimum absolute atomic E-state index is 0. The van der Waals surface area contributed by atoms with Gasteiger partial charge in [-0.05, 0) is 37.6 Å². The topological polar surface area (TPSA) is 54.0 Å². The van der Waals surface area contributed by atoms with E-state index in [4.69, 9.17) is 0 Å². The Morgan fingerprint density at radius 3 is 3.16 bits per heavy atom. The Kier molecular flexibility index (Phi) is 4.74. The second kappa shape index (κ2) is 6.32. The second-order valence-corrected chi connectivity index (χ2v) is 5.45. The van der Waals surface area contributed by atoms with Crippen LogP contribution in [0.2, 0.25) is 0 Å². The molecule has 1 unspecified atom stereocenters. The lowest BCUT2D eigenvalue weighted by molar-refractivity contribution is -0.120. The number of piperidine rings is 1. The summed E-state index contributed by atoms with van der Waals surface area (Å²) in [6.07, 6.45) is 2.04. The van der Waals surface area contributed by atoms with Crippen molar-refractivity contribution in [2.45, 2.75) is 12.8 Å². The first-order valence-electron chi connectivity index (χ1n) is 6.18. The van der Waals surface area contributed by atoms with Crippen molar-refractivity contribution >= 4 is 45.6 Å². The third kappa shape index (κ3) is 3.23. The molecule has 1 aromatic heterocycles. The molecule has 19 heavy (non-hydrogen) atoms. The van der Waals surface area contributed by atoms with Gasteiger partial charge < -0.3 is 10.6 Å². The molecular weight excluding hydrogens is 282 g/mol. The van der Waals surface area contributed by atoms with Crippen LogP contribution in [0.15, 0.2) is 23.7 Å². The molecule has 4 nitrogen and oxygen atoms in total. The number of nitrogens with one attached hydrogen (secondary N) is 2. The van der Waals surface area contributed by atoms with Gasteiger partial charge in [0.1, 0.15) is 0 Å². The van der Waals surface area contributed by atoms with Gasteiger partial charge >= 0.3 is 0 Å². The number of hydrogen-bond acceptors (Lipinski definition) is 4. The molecule has 0 aliphatic carbocycles. The zero-order valence-corrected chi connectivity index (χ0v) is 12.0. The molecule has 1 fully saturated rings. The number of amides is 1. The molecule has 0 spiro atoms.